The van der Waals surface area contributed by atoms with Crippen molar-refractivity contribution in [3.05, 3.63) is 13.2 Å². The van der Waals surface area contributed by atoms with E-state index < -0.39 is 0 Å². The Bertz CT molecular complexity index is 545. The number of unbranched alkanes of at least 4 members (excludes halogenated alkanes) is 2. The molecule has 0 amide bonds. The van der Waals surface area contributed by atoms with Crippen LogP contribution in [0.15, 0.2) is 13.2 Å². The van der Waals surface area contributed by atoms with Crippen LogP contribution in [-0.2, 0) is 0 Å². The topological polar surface area (TPSA) is 23.8 Å². The standard InChI is InChI=1S/C21H33N.C5H12.C2H4/c1-14-4-5-15-6-8-17-18-9-7-16(13-22)20(18,2)11-10-19(17)21(15,3)12-14;1-3-5-4-2;1-2/h14-19H,4-12H2,1-3H3;3-5H2,1-2H3;1-2H2. The van der Waals surface area contributed by atoms with Crippen LogP contribution in [0.2, 0.25) is 0 Å². The number of rotatable bonds is 2. The van der Waals surface area contributed by atoms with Crippen molar-refractivity contribution < 1.29 is 0 Å². The zero-order valence-corrected chi connectivity index (χ0v) is 20.3. The summed E-state index contributed by atoms with van der Waals surface area (Å²) in [6.45, 7) is 18.0. The molecule has 0 heterocycles. The van der Waals surface area contributed by atoms with Gasteiger partial charge in [-0.3, -0.25) is 0 Å². The van der Waals surface area contributed by atoms with E-state index in [0.717, 1.165) is 29.6 Å². The molecule has 0 bridgehead atoms. The fourth-order valence-electron chi connectivity index (χ4n) is 8.23. The molecule has 4 saturated carbocycles. The minimum atomic E-state index is 0.342. The van der Waals surface area contributed by atoms with Gasteiger partial charge in [0, 0.05) is 0 Å². The first-order valence-corrected chi connectivity index (χ1v) is 12.8. The van der Waals surface area contributed by atoms with Crippen LogP contribution in [-0.4, -0.2) is 0 Å². The maximum absolute atomic E-state index is 9.59. The van der Waals surface area contributed by atoms with E-state index in [2.05, 4.69) is 53.8 Å². The summed E-state index contributed by atoms with van der Waals surface area (Å²) >= 11 is 0. The summed E-state index contributed by atoms with van der Waals surface area (Å²) in [5.41, 5.74) is 0.964. The van der Waals surface area contributed by atoms with Crippen molar-refractivity contribution in [3.63, 3.8) is 0 Å². The molecule has 4 aliphatic carbocycles. The first-order chi connectivity index (χ1) is 13.9. The second kappa shape index (κ2) is 10.5. The van der Waals surface area contributed by atoms with E-state index in [9.17, 15) is 5.26 Å². The van der Waals surface area contributed by atoms with Crippen molar-refractivity contribution in [1.82, 2.24) is 0 Å². The smallest absolute Gasteiger partial charge is 0.0661 e. The molecule has 0 spiro atoms. The average Bonchev–Trinajstić information content (AvgIpc) is 3.06. The molecular formula is C28H49N. The van der Waals surface area contributed by atoms with Crippen LogP contribution in [0.25, 0.3) is 0 Å². The van der Waals surface area contributed by atoms with Crippen molar-refractivity contribution >= 4 is 0 Å². The summed E-state index contributed by atoms with van der Waals surface area (Å²) in [5, 5.41) is 9.59. The molecule has 0 N–H and O–H groups in total. The van der Waals surface area contributed by atoms with E-state index in [1.165, 1.54) is 77.0 Å². The Labute approximate surface area is 182 Å². The Morgan fingerprint density at radius 3 is 2.07 bits per heavy atom. The molecule has 8 unspecified atom stereocenters. The molecule has 4 fully saturated rings. The van der Waals surface area contributed by atoms with Gasteiger partial charge in [0.25, 0.3) is 0 Å². The molecular weight excluding hydrogens is 350 g/mol. The average molecular weight is 400 g/mol. The molecule has 0 aromatic carbocycles. The number of hydrogen-bond acceptors (Lipinski definition) is 1. The van der Waals surface area contributed by atoms with Crippen molar-refractivity contribution in [3.8, 4) is 6.07 Å². The Kier molecular flexibility index (Phi) is 8.87. The van der Waals surface area contributed by atoms with E-state index in [1.54, 1.807) is 0 Å². The molecule has 0 radical (unpaired) electrons. The minimum absolute atomic E-state index is 0.342. The van der Waals surface area contributed by atoms with E-state index in [-0.39, 0.29) is 0 Å². The van der Waals surface area contributed by atoms with Crippen LogP contribution in [0.5, 0.6) is 0 Å². The highest BCUT2D eigenvalue weighted by atomic mass is 14.6. The number of hydrogen-bond donors (Lipinski definition) is 0. The van der Waals surface area contributed by atoms with E-state index in [0.29, 0.717) is 16.7 Å². The fraction of sp³-hybridized carbons (Fsp3) is 0.893. The summed E-state index contributed by atoms with van der Waals surface area (Å²) in [6.07, 6.45) is 16.7. The normalized spacial score (nSPS) is 45.1. The van der Waals surface area contributed by atoms with Gasteiger partial charge in [-0.25, -0.2) is 0 Å². The second-order valence-electron chi connectivity index (χ2n) is 11.2. The van der Waals surface area contributed by atoms with Gasteiger partial charge >= 0.3 is 0 Å². The summed E-state index contributed by atoms with van der Waals surface area (Å²) in [5.74, 6) is 5.03. The van der Waals surface area contributed by atoms with Crippen LogP contribution in [0.1, 0.15) is 112 Å². The number of nitriles is 1. The molecule has 1 nitrogen and oxygen atoms in total. The van der Waals surface area contributed by atoms with E-state index >= 15 is 0 Å². The molecule has 0 aromatic rings. The van der Waals surface area contributed by atoms with Crippen LogP contribution in [0.3, 0.4) is 0 Å². The van der Waals surface area contributed by atoms with Gasteiger partial charge in [0.2, 0.25) is 0 Å². The second-order valence-corrected chi connectivity index (χ2v) is 11.2. The summed E-state index contributed by atoms with van der Waals surface area (Å²) in [4.78, 5) is 0. The fourth-order valence-corrected chi connectivity index (χ4v) is 8.23. The quantitative estimate of drug-likeness (QED) is 0.425. The SMILES string of the molecule is C=C.CC1CCC2CCC3C4CCC(C#N)C4(C)CCC3C2(C)C1.CCCCC. The Hall–Kier alpha value is -0.770. The highest BCUT2D eigenvalue weighted by Gasteiger charge is 2.60. The largest absolute Gasteiger partial charge is 0.198 e. The molecule has 0 aromatic heterocycles. The highest BCUT2D eigenvalue weighted by Crippen LogP contribution is 2.67. The van der Waals surface area contributed by atoms with Crippen molar-refractivity contribution in [2.24, 2.45) is 46.3 Å². The van der Waals surface area contributed by atoms with Crippen molar-refractivity contribution in [1.29, 1.82) is 5.26 Å². The lowest BCUT2D eigenvalue weighted by molar-refractivity contribution is -0.115. The van der Waals surface area contributed by atoms with Gasteiger partial charge in [-0.1, -0.05) is 60.3 Å². The zero-order valence-electron chi connectivity index (χ0n) is 20.3. The Balaban J connectivity index is 0.000000378. The predicted octanol–water partition coefficient (Wildman–Crippen LogP) is 8.80. The third-order valence-corrected chi connectivity index (χ3v) is 9.72. The van der Waals surface area contributed by atoms with Gasteiger partial charge in [-0.05, 0) is 91.8 Å². The van der Waals surface area contributed by atoms with Gasteiger partial charge in [0.1, 0.15) is 0 Å². The molecule has 1 heteroatoms. The maximum atomic E-state index is 9.59. The van der Waals surface area contributed by atoms with Crippen molar-refractivity contribution in [2.75, 3.05) is 0 Å². The molecule has 29 heavy (non-hydrogen) atoms. The minimum Gasteiger partial charge on any atom is -0.198 e. The summed E-state index contributed by atoms with van der Waals surface area (Å²) in [7, 11) is 0. The van der Waals surface area contributed by atoms with E-state index in [4.69, 9.17) is 0 Å². The van der Waals surface area contributed by atoms with Crippen LogP contribution >= 0.6 is 0 Å². The van der Waals surface area contributed by atoms with Crippen LogP contribution in [0, 0.1) is 57.7 Å². The van der Waals surface area contributed by atoms with Gasteiger partial charge in [-0.15, -0.1) is 13.2 Å². The molecule has 0 aliphatic heterocycles. The zero-order chi connectivity index (χ0) is 21.7. The van der Waals surface area contributed by atoms with Gasteiger partial charge in [0.05, 0.1) is 12.0 Å². The molecule has 0 saturated heterocycles. The van der Waals surface area contributed by atoms with Crippen LogP contribution in [0.4, 0.5) is 0 Å². The number of fused-ring (bicyclic) bond motifs is 5. The van der Waals surface area contributed by atoms with Gasteiger partial charge in [0.15, 0.2) is 0 Å². The molecule has 8 atom stereocenters. The third kappa shape index (κ3) is 4.62. The third-order valence-electron chi connectivity index (χ3n) is 9.72. The van der Waals surface area contributed by atoms with Gasteiger partial charge in [-0.2, -0.15) is 5.26 Å². The lowest BCUT2D eigenvalue weighted by Crippen LogP contribution is -2.53. The van der Waals surface area contributed by atoms with E-state index in [1.807, 2.05) is 0 Å². The van der Waals surface area contributed by atoms with Crippen LogP contribution < -0.4 is 0 Å². The maximum Gasteiger partial charge on any atom is 0.0661 e. The Morgan fingerprint density at radius 1 is 0.862 bits per heavy atom. The molecule has 166 valence electrons. The Morgan fingerprint density at radius 2 is 1.48 bits per heavy atom. The molecule has 4 rings (SSSR count). The van der Waals surface area contributed by atoms with Gasteiger partial charge < -0.3 is 0 Å². The molecule has 4 aliphatic rings. The first-order valence-electron chi connectivity index (χ1n) is 12.8. The number of nitrogens with zero attached hydrogens (tertiary/aromatic N) is 1. The first kappa shape index (κ1) is 24.5. The predicted molar refractivity (Wildman–Crippen MR) is 126 cm³/mol. The summed E-state index contributed by atoms with van der Waals surface area (Å²) in [6, 6.07) is 2.67. The van der Waals surface area contributed by atoms with Crippen molar-refractivity contribution in [2.45, 2.75) is 112 Å². The highest BCUT2D eigenvalue weighted by molar-refractivity contribution is 5.12. The lowest BCUT2D eigenvalue weighted by Gasteiger charge is -2.61. The summed E-state index contributed by atoms with van der Waals surface area (Å²) < 4.78 is 0. The lowest BCUT2D eigenvalue weighted by atomic mass is 9.44. The monoisotopic (exact) mass is 399 g/mol.